The van der Waals surface area contributed by atoms with Crippen LogP contribution in [0.4, 0.5) is 5.13 Å². The van der Waals surface area contributed by atoms with Crippen molar-refractivity contribution in [2.45, 2.75) is 0 Å². The Hall–Kier alpha value is -3.07. The van der Waals surface area contributed by atoms with E-state index in [1.165, 1.54) is 11.3 Å². The fourth-order valence-electron chi connectivity index (χ4n) is 3.26. The van der Waals surface area contributed by atoms with Crippen LogP contribution in [0, 0.1) is 0 Å². The van der Waals surface area contributed by atoms with Crippen LogP contribution >= 0.6 is 43.2 Å². The predicted molar refractivity (Wildman–Crippen MR) is 143 cm³/mol. The Balaban J connectivity index is 1.41. The zero-order valence-corrected chi connectivity index (χ0v) is 21.2. The van der Waals surface area contributed by atoms with Crippen molar-refractivity contribution < 1.29 is 0 Å². The van der Waals surface area contributed by atoms with E-state index in [0.29, 0.717) is 0 Å². The van der Waals surface area contributed by atoms with Gasteiger partial charge in [-0.15, -0.1) is 11.3 Å². The molecule has 0 unspecified atom stereocenters. The molecule has 8 heteroatoms. The molecule has 0 aliphatic carbocycles. The van der Waals surface area contributed by atoms with E-state index in [0.717, 1.165) is 47.8 Å². The number of halogens is 2. The smallest absolute Gasteiger partial charge is 0.203 e. The molecule has 2 aromatic heterocycles. The third kappa shape index (κ3) is 5.13. The van der Waals surface area contributed by atoms with Gasteiger partial charge in [0.25, 0.3) is 0 Å². The number of para-hydroxylation sites is 1. The minimum atomic E-state index is 0.727. The van der Waals surface area contributed by atoms with Crippen molar-refractivity contribution in [3.8, 4) is 28.2 Å². The molecule has 33 heavy (non-hydrogen) atoms. The molecule has 3 aromatic carbocycles. The molecule has 0 aliphatic heterocycles. The highest BCUT2D eigenvalue weighted by molar-refractivity contribution is 9.10. The van der Waals surface area contributed by atoms with Gasteiger partial charge in [-0.2, -0.15) is 10.2 Å². The summed E-state index contributed by atoms with van der Waals surface area (Å²) in [5.74, 6) is 0. The molecule has 0 atom stereocenters. The lowest BCUT2D eigenvalue weighted by Crippen LogP contribution is -1.93. The van der Waals surface area contributed by atoms with Crippen LogP contribution in [0.5, 0.6) is 0 Å². The largest absolute Gasteiger partial charge is 0.253 e. The molecule has 2 heterocycles. The summed E-state index contributed by atoms with van der Waals surface area (Å²) in [5.41, 5.74) is 8.79. The van der Waals surface area contributed by atoms with Crippen LogP contribution in [0.3, 0.4) is 0 Å². The standard InChI is InChI=1S/C25H17Br2N5S/c26-20-10-6-17(7-11-20)23-16-33-25(29-23)30-28-14-19-15-32(22-4-2-1-3-5-22)31-24(19)18-8-12-21(27)13-9-18/h1-16H,(H,29,30)/b28-14-. The molecule has 0 radical (unpaired) electrons. The Bertz CT molecular complexity index is 1390. The molecule has 0 amide bonds. The van der Waals surface area contributed by atoms with E-state index < -0.39 is 0 Å². The topological polar surface area (TPSA) is 55.1 Å². The van der Waals surface area contributed by atoms with Gasteiger partial charge >= 0.3 is 0 Å². The van der Waals surface area contributed by atoms with Gasteiger partial charge in [-0.05, 0) is 36.4 Å². The average Bonchev–Trinajstić information content (AvgIpc) is 3.49. The monoisotopic (exact) mass is 577 g/mol. The van der Waals surface area contributed by atoms with Crippen LogP contribution in [0.1, 0.15) is 5.56 Å². The molecule has 0 aliphatic rings. The highest BCUT2D eigenvalue weighted by atomic mass is 79.9. The summed E-state index contributed by atoms with van der Waals surface area (Å²) in [7, 11) is 0. The van der Waals surface area contributed by atoms with E-state index in [1.54, 1.807) is 6.21 Å². The molecular formula is C25H17Br2N5S. The highest BCUT2D eigenvalue weighted by Crippen LogP contribution is 2.27. The maximum absolute atomic E-state index is 4.82. The van der Waals surface area contributed by atoms with E-state index in [1.807, 2.05) is 95.1 Å². The number of nitrogens with one attached hydrogen (secondary N) is 1. The number of hydrogen-bond donors (Lipinski definition) is 1. The highest BCUT2D eigenvalue weighted by Gasteiger charge is 2.11. The van der Waals surface area contributed by atoms with Crippen molar-refractivity contribution in [1.29, 1.82) is 0 Å². The molecule has 0 saturated heterocycles. The normalized spacial score (nSPS) is 11.2. The van der Waals surface area contributed by atoms with Crippen LogP contribution < -0.4 is 5.43 Å². The first-order valence-corrected chi connectivity index (χ1v) is 12.5. The van der Waals surface area contributed by atoms with Gasteiger partial charge in [0.15, 0.2) is 0 Å². The van der Waals surface area contributed by atoms with Crippen LogP contribution in [0.15, 0.2) is 104 Å². The predicted octanol–water partition coefficient (Wildman–Crippen LogP) is 7.63. The molecule has 5 rings (SSSR count). The van der Waals surface area contributed by atoms with Gasteiger partial charge < -0.3 is 0 Å². The van der Waals surface area contributed by atoms with E-state index in [9.17, 15) is 0 Å². The van der Waals surface area contributed by atoms with Gasteiger partial charge in [-0.1, -0.05) is 74.3 Å². The Labute approximate surface area is 212 Å². The first-order valence-electron chi connectivity index (χ1n) is 10.1. The fourth-order valence-corrected chi connectivity index (χ4v) is 4.46. The molecule has 162 valence electrons. The third-order valence-corrected chi connectivity index (χ3v) is 6.69. The van der Waals surface area contributed by atoms with Gasteiger partial charge in [-0.25, -0.2) is 9.67 Å². The summed E-state index contributed by atoms with van der Waals surface area (Å²) in [6.07, 6.45) is 3.76. The minimum absolute atomic E-state index is 0.727. The summed E-state index contributed by atoms with van der Waals surface area (Å²) in [5, 5.41) is 12.0. The number of nitrogens with zero attached hydrogens (tertiary/aromatic N) is 4. The zero-order valence-electron chi connectivity index (χ0n) is 17.2. The lowest BCUT2D eigenvalue weighted by Gasteiger charge is -2.00. The van der Waals surface area contributed by atoms with Crippen molar-refractivity contribution in [2.24, 2.45) is 5.10 Å². The number of hydrogen-bond acceptors (Lipinski definition) is 5. The summed E-state index contributed by atoms with van der Waals surface area (Å²) < 4.78 is 3.94. The third-order valence-electron chi connectivity index (χ3n) is 4.89. The maximum atomic E-state index is 4.82. The molecule has 0 spiro atoms. The molecule has 0 fully saturated rings. The average molecular weight is 579 g/mol. The molecule has 0 bridgehead atoms. The van der Waals surface area contributed by atoms with Gasteiger partial charge in [-0.3, -0.25) is 5.43 Å². The lowest BCUT2D eigenvalue weighted by atomic mass is 10.1. The minimum Gasteiger partial charge on any atom is -0.253 e. The van der Waals surface area contributed by atoms with Crippen LogP contribution in [0.2, 0.25) is 0 Å². The second kappa shape index (κ2) is 9.82. The van der Waals surface area contributed by atoms with E-state index in [2.05, 4.69) is 47.4 Å². The van der Waals surface area contributed by atoms with Gasteiger partial charge in [0.05, 0.1) is 17.6 Å². The van der Waals surface area contributed by atoms with Crippen molar-refractivity contribution in [3.05, 3.63) is 105 Å². The Morgan fingerprint density at radius 3 is 2.21 bits per heavy atom. The van der Waals surface area contributed by atoms with E-state index in [4.69, 9.17) is 5.10 Å². The number of aromatic nitrogens is 3. The molecule has 5 nitrogen and oxygen atoms in total. The van der Waals surface area contributed by atoms with Gasteiger partial charge in [0.2, 0.25) is 5.13 Å². The number of hydrazone groups is 1. The van der Waals surface area contributed by atoms with Gasteiger partial charge in [0, 0.05) is 37.2 Å². The van der Waals surface area contributed by atoms with E-state index >= 15 is 0 Å². The lowest BCUT2D eigenvalue weighted by molar-refractivity contribution is 0.884. The number of rotatable bonds is 6. The number of thiazole rings is 1. The second-order valence-electron chi connectivity index (χ2n) is 7.13. The summed E-state index contributed by atoms with van der Waals surface area (Å²) in [4.78, 5) is 4.64. The summed E-state index contributed by atoms with van der Waals surface area (Å²) in [6, 6.07) is 26.2. The Morgan fingerprint density at radius 1 is 0.848 bits per heavy atom. The first kappa shape index (κ1) is 21.8. The van der Waals surface area contributed by atoms with Crippen LogP contribution in [-0.4, -0.2) is 21.0 Å². The first-order chi connectivity index (χ1) is 16.2. The molecule has 5 aromatic rings. The Morgan fingerprint density at radius 2 is 1.52 bits per heavy atom. The van der Waals surface area contributed by atoms with Crippen molar-refractivity contribution >= 4 is 54.5 Å². The summed E-state index contributed by atoms with van der Waals surface area (Å²) >= 11 is 8.48. The zero-order chi connectivity index (χ0) is 22.6. The Kier molecular flexibility index (Phi) is 6.48. The van der Waals surface area contributed by atoms with E-state index in [-0.39, 0.29) is 0 Å². The molecule has 0 saturated carbocycles. The van der Waals surface area contributed by atoms with Crippen molar-refractivity contribution in [3.63, 3.8) is 0 Å². The van der Waals surface area contributed by atoms with Crippen LogP contribution in [-0.2, 0) is 0 Å². The molecule has 1 N–H and O–H groups in total. The van der Waals surface area contributed by atoms with Gasteiger partial charge in [0.1, 0.15) is 5.69 Å². The maximum Gasteiger partial charge on any atom is 0.203 e. The molecular weight excluding hydrogens is 562 g/mol. The summed E-state index contributed by atoms with van der Waals surface area (Å²) in [6.45, 7) is 0. The number of benzene rings is 3. The second-order valence-corrected chi connectivity index (χ2v) is 9.82. The quantitative estimate of drug-likeness (QED) is 0.166. The number of anilines is 1. The fraction of sp³-hybridized carbons (Fsp3) is 0. The van der Waals surface area contributed by atoms with Crippen molar-refractivity contribution in [2.75, 3.05) is 5.43 Å². The van der Waals surface area contributed by atoms with Crippen molar-refractivity contribution in [1.82, 2.24) is 14.8 Å². The SMILES string of the molecule is Brc1ccc(-c2csc(N/N=C\c3cn(-c4ccccc4)nc3-c3ccc(Br)cc3)n2)cc1. The van der Waals surface area contributed by atoms with Crippen LogP contribution in [0.25, 0.3) is 28.2 Å².